The van der Waals surface area contributed by atoms with Crippen LogP contribution in [0.15, 0.2) is 60.4 Å². The van der Waals surface area contributed by atoms with Crippen molar-refractivity contribution in [2.45, 2.75) is 64.0 Å². The van der Waals surface area contributed by atoms with Crippen LogP contribution in [0.3, 0.4) is 0 Å². The molecule has 0 radical (unpaired) electrons. The molecule has 2 aromatic rings. The molecular weight excluding hydrogens is 428 g/mol. The lowest BCUT2D eigenvalue weighted by Gasteiger charge is -2.38. The Kier molecular flexibility index (Phi) is 5.86. The van der Waals surface area contributed by atoms with E-state index in [0.29, 0.717) is 36.2 Å². The van der Waals surface area contributed by atoms with Gasteiger partial charge in [-0.25, -0.2) is 9.28 Å². The Morgan fingerprint density at radius 1 is 1.12 bits per heavy atom. The Morgan fingerprint density at radius 3 is 2.33 bits per heavy atom. The number of carbonyl (C=O) groups excluding carboxylic acids is 1. The minimum atomic E-state index is -2.06. The summed E-state index contributed by atoms with van der Waals surface area (Å²) >= 11 is 0. The van der Waals surface area contributed by atoms with Gasteiger partial charge in [0.25, 0.3) is 0 Å². The molecule has 1 saturated heterocycles. The van der Waals surface area contributed by atoms with E-state index in [0.717, 1.165) is 5.56 Å². The third-order valence-electron chi connectivity index (χ3n) is 7.66. The highest BCUT2D eigenvalue weighted by atomic mass is 28.4. The average molecular weight is 461 g/mol. The van der Waals surface area contributed by atoms with Crippen LogP contribution < -0.4 is 5.11 Å². The first-order valence-corrected chi connectivity index (χ1v) is 14.4. The molecule has 1 amide bonds. The molecule has 33 heavy (non-hydrogen) atoms. The van der Waals surface area contributed by atoms with Gasteiger partial charge in [-0.3, -0.25) is 0 Å². The first-order valence-electron chi connectivity index (χ1n) is 11.5. The average Bonchev–Trinajstić information content (AvgIpc) is 3.20. The Labute approximate surface area is 197 Å². The smallest absolute Gasteiger partial charge is 0.346 e. The van der Waals surface area contributed by atoms with Gasteiger partial charge in [-0.05, 0) is 35.8 Å². The van der Waals surface area contributed by atoms with Gasteiger partial charge in [0, 0.05) is 12.0 Å². The van der Waals surface area contributed by atoms with Crippen LogP contribution in [-0.4, -0.2) is 37.4 Å². The number of quaternary nitrogens is 1. The summed E-state index contributed by atoms with van der Waals surface area (Å²) in [6, 6.07) is 18.3. The molecule has 4 rings (SSSR count). The van der Waals surface area contributed by atoms with E-state index in [-0.39, 0.29) is 27.3 Å². The maximum absolute atomic E-state index is 14.0. The zero-order chi connectivity index (χ0) is 24.0. The van der Waals surface area contributed by atoms with E-state index in [9.17, 15) is 9.90 Å². The van der Waals surface area contributed by atoms with Crippen LogP contribution in [0.2, 0.25) is 18.1 Å². The van der Waals surface area contributed by atoms with Crippen molar-refractivity contribution in [3.05, 3.63) is 77.0 Å². The molecule has 1 fully saturated rings. The normalized spacial score (nSPS) is 25.3. The summed E-state index contributed by atoms with van der Waals surface area (Å²) < 4.78 is 6.78. The summed E-state index contributed by atoms with van der Waals surface area (Å²) in [5.74, 6) is -0.178. The Bertz CT molecular complexity index is 1130. The Hall–Kier alpha value is -2.72. The number of rotatable bonds is 5. The molecule has 1 unspecified atom stereocenters. The van der Waals surface area contributed by atoms with E-state index >= 15 is 0 Å². The molecule has 0 aromatic heterocycles. The van der Waals surface area contributed by atoms with Crippen molar-refractivity contribution in [1.29, 1.82) is 5.26 Å². The fourth-order valence-electron chi connectivity index (χ4n) is 4.87. The minimum Gasteiger partial charge on any atom is -0.871 e. The molecule has 3 atom stereocenters. The lowest BCUT2D eigenvalue weighted by molar-refractivity contribution is -0.873. The third kappa shape index (κ3) is 4.06. The molecule has 0 N–H and O–H groups in total. The molecule has 0 aliphatic carbocycles. The van der Waals surface area contributed by atoms with Crippen LogP contribution in [0.1, 0.15) is 43.9 Å². The quantitative estimate of drug-likeness (QED) is 0.491. The largest absolute Gasteiger partial charge is 0.871 e. The standard InChI is InChI=1S/C27H32N2O3Si/c1-27(2,3)33(4,5)32-22-15-23-25(30)24(21-9-7-6-8-10-21)26(31)29(23,18-22)17-20-13-11-19(16-28)12-14-20/h6-14,22-23H,15,17-18H2,1-5H3/t22-,23-,29?/m1/s1. The number of hydrogen-bond donors (Lipinski definition) is 0. The fraction of sp³-hybridized carbons (Fsp3) is 0.407. The van der Waals surface area contributed by atoms with E-state index in [1.54, 1.807) is 12.1 Å². The maximum atomic E-state index is 14.0. The van der Waals surface area contributed by atoms with Crippen LogP contribution in [0, 0.1) is 11.3 Å². The van der Waals surface area contributed by atoms with Crippen molar-refractivity contribution in [2.24, 2.45) is 0 Å². The Morgan fingerprint density at radius 2 is 1.76 bits per heavy atom. The third-order valence-corrected chi connectivity index (χ3v) is 12.2. The number of benzene rings is 2. The van der Waals surface area contributed by atoms with Crippen molar-refractivity contribution in [3.63, 3.8) is 0 Å². The van der Waals surface area contributed by atoms with E-state index in [1.807, 2.05) is 42.5 Å². The van der Waals surface area contributed by atoms with Crippen LogP contribution in [-0.2, 0) is 15.8 Å². The van der Waals surface area contributed by atoms with Gasteiger partial charge in [-0.1, -0.05) is 69.0 Å². The predicted molar refractivity (Wildman–Crippen MR) is 129 cm³/mol. The summed E-state index contributed by atoms with van der Waals surface area (Å²) in [6.45, 7) is 12.0. The van der Waals surface area contributed by atoms with Gasteiger partial charge in [0.15, 0.2) is 8.32 Å². The molecule has 172 valence electrons. The summed E-state index contributed by atoms with van der Waals surface area (Å²) in [7, 11) is -2.06. The number of hydrogen-bond acceptors (Lipinski definition) is 4. The second-order valence-corrected chi connectivity index (χ2v) is 15.6. The van der Waals surface area contributed by atoms with E-state index < -0.39 is 14.4 Å². The molecule has 0 spiro atoms. The van der Waals surface area contributed by atoms with Crippen molar-refractivity contribution < 1.29 is 18.8 Å². The van der Waals surface area contributed by atoms with Crippen molar-refractivity contribution in [3.8, 4) is 6.07 Å². The Balaban J connectivity index is 1.72. The van der Waals surface area contributed by atoms with Gasteiger partial charge in [-0.2, -0.15) is 5.26 Å². The van der Waals surface area contributed by atoms with Gasteiger partial charge >= 0.3 is 5.91 Å². The molecule has 0 bridgehead atoms. The lowest BCUT2D eigenvalue weighted by atomic mass is 10.0. The molecule has 2 aliphatic rings. The SMILES string of the molecule is CC(C)(C)[Si](C)(C)O[C@@H]1C[C@@H]2C([O-])=C(c3ccccc3)C(=O)[N+]2(Cc2ccc(C#N)cc2)C1. The highest BCUT2D eigenvalue weighted by Crippen LogP contribution is 2.47. The zero-order valence-electron chi connectivity index (χ0n) is 20.1. The number of fused-ring (bicyclic) bond motifs is 1. The maximum Gasteiger partial charge on any atom is 0.346 e. The first-order chi connectivity index (χ1) is 15.5. The topological polar surface area (TPSA) is 73.2 Å². The van der Waals surface area contributed by atoms with Crippen molar-refractivity contribution in [2.75, 3.05) is 6.54 Å². The lowest BCUT2D eigenvalue weighted by Crippen LogP contribution is -2.54. The molecule has 2 heterocycles. The van der Waals surface area contributed by atoms with Gasteiger partial charge in [-0.15, -0.1) is 0 Å². The van der Waals surface area contributed by atoms with Gasteiger partial charge in [0.05, 0.1) is 17.2 Å². The van der Waals surface area contributed by atoms with Gasteiger partial charge < -0.3 is 9.53 Å². The summed E-state index contributed by atoms with van der Waals surface area (Å²) in [6.07, 6.45) is 0.434. The highest BCUT2D eigenvalue weighted by Gasteiger charge is 2.59. The van der Waals surface area contributed by atoms with Gasteiger partial charge in [0.2, 0.25) is 0 Å². The van der Waals surface area contributed by atoms with Crippen molar-refractivity contribution in [1.82, 2.24) is 0 Å². The van der Waals surface area contributed by atoms with Crippen LogP contribution in [0.25, 0.3) is 5.57 Å². The molecular formula is C27H32N2O3Si. The molecule has 2 aliphatic heterocycles. The predicted octanol–water partition coefficient (Wildman–Crippen LogP) is 4.35. The van der Waals surface area contributed by atoms with Crippen LogP contribution >= 0.6 is 0 Å². The van der Waals surface area contributed by atoms with Crippen molar-refractivity contribution >= 4 is 19.8 Å². The molecule has 2 aromatic carbocycles. The summed E-state index contributed by atoms with van der Waals surface area (Å²) in [4.78, 5) is 14.0. The zero-order valence-corrected chi connectivity index (χ0v) is 21.1. The summed E-state index contributed by atoms with van der Waals surface area (Å²) in [5, 5.41) is 22.8. The van der Waals surface area contributed by atoms with E-state index in [4.69, 9.17) is 9.69 Å². The van der Waals surface area contributed by atoms with E-state index in [2.05, 4.69) is 39.9 Å². The second kappa shape index (κ2) is 8.25. The number of carbonyl (C=O) groups is 1. The minimum absolute atomic E-state index is 0.0489. The number of nitrogens with zero attached hydrogens (tertiary/aromatic N) is 2. The molecule has 5 nitrogen and oxygen atoms in total. The number of amides is 1. The second-order valence-electron chi connectivity index (χ2n) is 10.8. The fourth-order valence-corrected chi connectivity index (χ4v) is 6.23. The first kappa shape index (κ1) is 23.4. The van der Waals surface area contributed by atoms with Gasteiger partial charge in [0.1, 0.15) is 25.2 Å². The monoisotopic (exact) mass is 460 g/mol. The molecule has 0 saturated carbocycles. The molecule has 6 heteroatoms. The summed E-state index contributed by atoms with van der Waals surface area (Å²) in [5.41, 5.74) is 2.54. The van der Waals surface area contributed by atoms with E-state index in [1.165, 1.54) is 0 Å². The van der Waals surface area contributed by atoms with Crippen LogP contribution in [0.4, 0.5) is 0 Å². The highest BCUT2D eigenvalue weighted by molar-refractivity contribution is 6.74. The van der Waals surface area contributed by atoms with Crippen LogP contribution in [0.5, 0.6) is 0 Å². The number of nitriles is 1.